The van der Waals surface area contributed by atoms with Crippen LogP contribution >= 0.6 is 23.4 Å². The largest absolute Gasteiger partial charge is 0.313 e. The Balaban J connectivity index is 1.92. The molecule has 0 bridgehead atoms. The highest BCUT2D eigenvalue weighted by Gasteiger charge is 2.12. The topological polar surface area (TPSA) is 42.7 Å². The molecule has 2 aromatic rings. The first-order chi connectivity index (χ1) is 10.2. The van der Waals surface area contributed by atoms with Crippen LogP contribution in [0.3, 0.4) is 0 Å². The molecule has 1 aromatic heterocycles. The molecule has 1 heterocycles. The third-order valence-corrected chi connectivity index (χ3v) is 4.43. The van der Waals surface area contributed by atoms with Crippen molar-refractivity contribution in [3.05, 3.63) is 41.2 Å². The molecular weight excluding hydrogens is 304 g/mol. The zero-order valence-corrected chi connectivity index (χ0v) is 14.0. The van der Waals surface area contributed by atoms with Crippen LogP contribution in [0.15, 0.2) is 35.4 Å². The van der Waals surface area contributed by atoms with Crippen LogP contribution in [0.1, 0.15) is 19.0 Å². The van der Waals surface area contributed by atoms with Crippen molar-refractivity contribution in [1.82, 2.24) is 20.3 Å². The van der Waals surface area contributed by atoms with Gasteiger partial charge in [0.05, 0.1) is 5.69 Å². The maximum absolute atomic E-state index is 6.03. The van der Waals surface area contributed by atoms with Crippen LogP contribution in [0.2, 0.25) is 5.02 Å². The normalized spacial score (nSPS) is 12.5. The lowest BCUT2D eigenvalue weighted by molar-refractivity contribution is 0.544. The molecule has 4 nitrogen and oxygen atoms in total. The number of nitrogens with one attached hydrogen (secondary N) is 1. The van der Waals surface area contributed by atoms with Crippen molar-refractivity contribution in [2.24, 2.45) is 7.05 Å². The minimum atomic E-state index is 0.380. The molecule has 0 aliphatic rings. The van der Waals surface area contributed by atoms with Crippen LogP contribution in [0.25, 0.3) is 0 Å². The number of hydrogen-bond acceptors (Lipinski definition) is 4. The van der Waals surface area contributed by atoms with E-state index in [0.717, 1.165) is 35.9 Å². The van der Waals surface area contributed by atoms with Crippen LogP contribution in [0, 0.1) is 0 Å². The average molecular weight is 325 g/mol. The smallest absolute Gasteiger partial charge is 0.0842 e. The minimum absolute atomic E-state index is 0.380. The molecule has 0 fully saturated rings. The molecule has 114 valence electrons. The molecule has 1 N–H and O–H groups in total. The molecule has 1 atom stereocenters. The monoisotopic (exact) mass is 324 g/mol. The first-order valence-electron chi connectivity index (χ1n) is 7.14. The van der Waals surface area contributed by atoms with E-state index in [2.05, 4.69) is 28.6 Å². The highest BCUT2D eigenvalue weighted by Crippen LogP contribution is 2.22. The molecule has 21 heavy (non-hydrogen) atoms. The first kappa shape index (κ1) is 16.3. The van der Waals surface area contributed by atoms with Gasteiger partial charge in [0.2, 0.25) is 0 Å². The molecule has 1 aromatic carbocycles. The lowest BCUT2D eigenvalue weighted by atomic mass is 10.2. The van der Waals surface area contributed by atoms with Crippen molar-refractivity contribution >= 4 is 23.4 Å². The molecule has 0 saturated carbocycles. The summed E-state index contributed by atoms with van der Waals surface area (Å²) in [6.45, 7) is 3.19. The highest BCUT2D eigenvalue weighted by molar-refractivity contribution is 7.99. The Morgan fingerprint density at radius 3 is 2.95 bits per heavy atom. The van der Waals surface area contributed by atoms with Crippen molar-refractivity contribution in [3.8, 4) is 0 Å². The lowest BCUT2D eigenvalue weighted by Crippen LogP contribution is -2.34. The van der Waals surface area contributed by atoms with Crippen molar-refractivity contribution in [3.63, 3.8) is 0 Å². The summed E-state index contributed by atoms with van der Waals surface area (Å²) >= 11 is 7.84. The number of rotatable bonds is 8. The maximum Gasteiger partial charge on any atom is 0.0842 e. The fourth-order valence-electron chi connectivity index (χ4n) is 2.03. The quantitative estimate of drug-likeness (QED) is 0.757. The molecule has 0 amide bonds. The molecule has 0 radical (unpaired) electrons. The van der Waals surface area contributed by atoms with Gasteiger partial charge in [-0.15, -0.1) is 16.9 Å². The van der Waals surface area contributed by atoms with E-state index < -0.39 is 0 Å². The fraction of sp³-hybridized carbons (Fsp3) is 0.467. The Labute approximate surface area is 135 Å². The van der Waals surface area contributed by atoms with Crippen molar-refractivity contribution in [2.75, 3.05) is 12.3 Å². The standard InChI is InChI=1S/C15H21ClN4S/c1-3-7-17-14(9-13-10-20(2)19-18-13)11-21-15-6-4-5-12(16)8-15/h4-6,8,10,14,17H,3,7,9,11H2,1-2H3. The summed E-state index contributed by atoms with van der Waals surface area (Å²) in [5, 5.41) is 12.5. The third-order valence-electron chi connectivity index (χ3n) is 3.04. The van der Waals surface area contributed by atoms with Gasteiger partial charge < -0.3 is 5.32 Å². The maximum atomic E-state index is 6.03. The van der Waals surface area contributed by atoms with Gasteiger partial charge in [-0.2, -0.15) is 0 Å². The Kier molecular flexibility index (Phi) is 6.54. The molecule has 0 aliphatic carbocycles. The summed E-state index contributed by atoms with van der Waals surface area (Å²) < 4.78 is 1.75. The van der Waals surface area contributed by atoms with E-state index in [1.165, 1.54) is 4.90 Å². The van der Waals surface area contributed by atoms with Crippen molar-refractivity contribution in [1.29, 1.82) is 0 Å². The Morgan fingerprint density at radius 2 is 2.29 bits per heavy atom. The third kappa shape index (κ3) is 5.69. The summed E-state index contributed by atoms with van der Waals surface area (Å²) in [6, 6.07) is 8.37. The van der Waals surface area contributed by atoms with Crippen LogP contribution in [-0.4, -0.2) is 33.3 Å². The Bertz CT molecular complexity index is 558. The van der Waals surface area contributed by atoms with Crippen molar-refractivity contribution in [2.45, 2.75) is 30.7 Å². The predicted molar refractivity (Wildman–Crippen MR) is 89.0 cm³/mol. The predicted octanol–water partition coefficient (Wildman–Crippen LogP) is 3.17. The molecular formula is C15H21ClN4S. The summed E-state index contributed by atoms with van der Waals surface area (Å²) in [5.74, 6) is 0.983. The number of halogens is 1. The van der Waals surface area contributed by atoms with E-state index in [0.29, 0.717) is 6.04 Å². The van der Waals surface area contributed by atoms with Gasteiger partial charge in [-0.1, -0.05) is 29.8 Å². The highest BCUT2D eigenvalue weighted by atomic mass is 35.5. The average Bonchev–Trinajstić information content (AvgIpc) is 2.87. The Hall–Kier alpha value is -1.04. The van der Waals surface area contributed by atoms with Crippen LogP contribution in [-0.2, 0) is 13.5 Å². The van der Waals surface area contributed by atoms with Crippen LogP contribution in [0.4, 0.5) is 0 Å². The Morgan fingerprint density at radius 1 is 1.43 bits per heavy atom. The molecule has 0 aliphatic heterocycles. The first-order valence-corrected chi connectivity index (χ1v) is 8.50. The molecule has 6 heteroatoms. The number of aryl methyl sites for hydroxylation is 1. The van der Waals surface area contributed by atoms with Crippen LogP contribution in [0.5, 0.6) is 0 Å². The lowest BCUT2D eigenvalue weighted by Gasteiger charge is -2.17. The summed E-state index contributed by atoms with van der Waals surface area (Å²) in [7, 11) is 1.89. The van der Waals surface area contributed by atoms with Gasteiger partial charge in [-0.25, -0.2) is 0 Å². The fourth-order valence-corrected chi connectivity index (χ4v) is 3.30. The molecule has 0 spiro atoms. The second-order valence-electron chi connectivity index (χ2n) is 5.01. The minimum Gasteiger partial charge on any atom is -0.313 e. The summed E-state index contributed by atoms with van der Waals surface area (Å²) in [5.41, 5.74) is 1.03. The van der Waals surface area contributed by atoms with Gasteiger partial charge in [0.15, 0.2) is 0 Å². The molecule has 0 saturated heterocycles. The summed E-state index contributed by atoms with van der Waals surface area (Å²) in [4.78, 5) is 1.20. The van der Waals surface area contributed by atoms with Gasteiger partial charge in [0.25, 0.3) is 0 Å². The summed E-state index contributed by atoms with van der Waals surface area (Å²) in [6.07, 6.45) is 3.99. The number of thioether (sulfide) groups is 1. The van der Waals surface area contributed by atoms with E-state index in [1.54, 1.807) is 4.68 Å². The second kappa shape index (κ2) is 8.41. The van der Waals surface area contributed by atoms with E-state index in [4.69, 9.17) is 11.6 Å². The van der Waals surface area contributed by atoms with E-state index in [9.17, 15) is 0 Å². The number of nitrogens with zero attached hydrogens (tertiary/aromatic N) is 3. The van der Waals surface area contributed by atoms with E-state index >= 15 is 0 Å². The van der Waals surface area contributed by atoms with Gasteiger partial charge in [-0.05, 0) is 31.2 Å². The SMILES string of the molecule is CCCNC(CSc1cccc(Cl)c1)Cc1cn(C)nn1. The van der Waals surface area contributed by atoms with Gasteiger partial charge in [-0.3, -0.25) is 4.68 Å². The number of hydrogen-bond donors (Lipinski definition) is 1. The number of aromatic nitrogens is 3. The van der Waals surface area contributed by atoms with Crippen molar-refractivity contribution < 1.29 is 0 Å². The molecule has 2 rings (SSSR count). The number of benzene rings is 1. The molecule has 1 unspecified atom stereocenters. The van der Waals surface area contributed by atoms with Gasteiger partial charge in [0.1, 0.15) is 0 Å². The zero-order valence-electron chi connectivity index (χ0n) is 12.4. The second-order valence-corrected chi connectivity index (χ2v) is 6.54. The van der Waals surface area contributed by atoms with Crippen LogP contribution < -0.4 is 5.32 Å². The van der Waals surface area contributed by atoms with E-state index in [-0.39, 0.29) is 0 Å². The van der Waals surface area contributed by atoms with Gasteiger partial charge in [0, 0.05) is 41.4 Å². The van der Waals surface area contributed by atoms with E-state index in [1.807, 2.05) is 43.2 Å². The van der Waals surface area contributed by atoms with Gasteiger partial charge >= 0.3 is 0 Å². The zero-order chi connectivity index (χ0) is 15.1.